The minimum Gasteiger partial charge on any atom is -0.475 e. The molecule has 0 bridgehead atoms. The Morgan fingerprint density at radius 3 is 2.66 bits per heavy atom. The number of anilines is 1. The second kappa shape index (κ2) is 6.96. The van der Waals surface area contributed by atoms with Crippen LogP contribution >= 0.6 is 0 Å². The standard InChI is InChI=1S/C23H27N7O2/c1-11-8-16-15(9-27-29-16)18(13(11)3)30-19(24)17(20(25)31)14-7-12(2)22(28-21(14)30)32-10-23(26-4)5-6-23/h7-9,26H,5-6,10,24H2,1-4H3,(H2,25,31)(H,27,29). The number of benzene rings is 1. The first kappa shape index (κ1) is 20.3. The summed E-state index contributed by atoms with van der Waals surface area (Å²) in [5.41, 5.74) is 17.7. The van der Waals surface area contributed by atoms with E-state index in [-0.39, 0.29) is 16.9 Å². The average Bonchev–Trinajstić information content (AvgIpc) is 3.30. The topological polar surface area (TPSA) is 137 Å². The van der Waals surface area contributed by atoms with Crippen molar-refractivity contribution in [2.75, 3.05) is 19.4 Å². The molecule has 6 N–H and O–H groups in total. The zero-order valence-electron chi connectivity index (χ0n) is 18.7. The Morgan fingerprint density at radius 1 is 1.25 bits per heavy atom. The Bertz CT molecular complexity index is 1400. The predicted octanol–water partition coefficient (Wildman–Crippen LogP) is 2.64. The van der Waals surface area contributed by atoms with Crippen molar-refractivity contribution in [1.29, 1.82) is 0 Å². The summed E-state index contributed by atoms with van der Waals surface area (Å²) < 4.78 is 7.93. The van der Waals surface area contributed by atoms with Gasteiger partial charge in [0, 0.05) is 16.3 Å². The number of primary amides is 1. The number of nitrogen functional groups attached to an aromatic ring is 1. The van der Waals surface area contributed by atoms with Crippen LogP contribution in [0.3, 0.4) is 0 Å². The molecule has 1 fully saturated rings. The molecule has 3 aromatic heterocycles. The highest BCUT2D eigenvalue weighted by molar-refractivity contribution is 6.12. The number of aryl methyl sites for hydroxylation is 2. The second-order valence-electron chi connectivity index (χ2n) is 8.76. The Hall–Kier alpha value is -3.59. The molecule has 1 aromatic carbocycles. The van der Waals surface area contributed by atoms with Gasteiger partial charge in [-0.2, -0.15) is 10.1 Å². The number of amides is 1. The number of likely N-dealkylation sites (N-methyl/N-ethyl adjacent to an activating group) is 1. The summed E-state index contributed by atoms with van der Waals surface area (Å²) in [5.74, 6) is 0.172. The molecule has 166 valence electrons. The number of hydrogen-bond donors (Lipinski definition) is 4. The fourth-order valence-electron chi connectivity index (χ4n) is 4.36. The minimum absolute atomic E-state index is 0.0125. The molecule has 0 spiro atoms. The molecule has 1 aliphatic rings. The Balaban J connectivity index is 1.78. The van der Waals surface area contributed by atoms with Crippen molar-refractivity contribution >= 4 is 33.7 Å². The van der Waals surface area contributed by atoms with Crippen LogP contribution in [0.15, 0.2) is 18.3 Å². The van der Waals surface area contributed by atoms with Crippen LogP contribution in [0, 0.1) is 20.8 Å². The number of aromatic nitrogens is 4. The van der Waals surface area contributed by atoms with Gasteiger partial charge in [-0.25, -0.2) is 0 Å². The van der Waals surface area contributed by atoms with E-state index in [1.807, 2.05) is 40.0 Å². The van der Waals surface area contributed by atoms with E-state index >= 15 is 0 Å². The van der Waals surface area contributed by atoms with Gasteiger partial charge in [0.25, 0.3) is 5.91 Å². The van der Waals surface area contributed by atoms with E-state index in [2.05, 4.69) is 15.5 Å². The molecular weight excluding hydrogens is 406 g/mol. The summed E-state index contributed by atoms with van der Waals surface area (Å²) in [6.07, 6.45) is 3.89. The number of rotatable bonds is 6. The SMILES string of the molecule is CNC1(COc2nc3c(cc2C)c(C(N)=O)c(N)n3-c2c(C)c(C)cc3[nH]ncc23)CC1. The molecule has 9 nitrogen and oxygen atoms in total. The van der Waals surface area contributed by atoms with Crippen LogP contribution < -0.4 is 21.5 Å². The maximum Gasteiger partial charge on any atom is 0.253 e. The Labute approximate surface area is 185 Å². The van der Waals surface area contributed by atoms with Crippen molar-refractivity contribution < 1.29 is 9.53 Å². The monoisotopic (exact) mass is 433 g/mol. The Morgan fingerprint density at radius 2 is 2.00 bits per heavy atom. The van der Waals surface area contributed by atoms with Gasteiger partial charge in [-0.1, -0.05) is 0 Å². The molecule has 0 radical (unpaired) electrons. The van der Waals surface area contributed by atoms with Crippen molar-refractivity contribution in [3.63, 3.8) is 0 Å². The quantitative estimate of drug-likeness (QED) is 0.369. The Kier molecular flexibility index (Phi) is 4.42. The van der Waals surface area contributed by atoms with Crippen LogP contribution in [-0.4, -0.2) is 44.8 Å². The number of H-pyrrole nitrogens is 1. The van der Waals surface area contributed by atoms with Crippen LogP contribution in [0.2, 0.25) is 0 Å². The van der Waals surface area contributed by atoms with E-state index in [0.717, 1.165) is 46.1 Å². The van der Waals surface area contributed by atoms with Gasteiger partial charge in [-0.15, -0.1) is 0 Å². The molecule has 0 saturated heterocycles. The van der Waals surface area contributed by atoms with Gasteiger partial charge in [0.05, 0.1) is 28.5 Å². The summed E-state index contributed by atoms with van der Waals surface area (Å²) in [4.78, 5) is 17.2. The van der Waals surface area contributed by atoms with Gasteiger partial charge in [0.15, 0.2) is 5.65 Å². The minimum atomic E-state index is -0.595. The smallest absolute Gasteiger partial charge is 0.253 e. The highest BCUT2D eigenvalue weighted by atomic mass is 16.5. The van der Waals surface area contributed by atoms with Crippen LogP contribution in [-0.2, 0) is 0 Å². The van der Waals surface area contributed by atoms with Crippen molar-refractivity contribution in [2.24, 2.45) is 5.73 Å². The van der Waals surface area contributed by atoms with Gasteiger partial charge >= 0.3 is 0 Å². The first-order chi connectivity index (χ1) is 15.3. The number of fused-ring (bicyclic) bond motifs is 2. The molecule has 5 rings (SSSR count). The molecule has 1 saturated carbocycles. The largest absolute Gasteiger partial charge is 0.475 e. The van der Waals surface area contributed by atoms with Crippen molar-refractivity contribution in [1.82, 2.24) is 25.1 Å². The summed E-state index contributed by atoms with van der Waals surface area (Å²) in [6, 6.07) is 3.91. The normalized spacial score (nSPS) is 14.9. The number of carbonyl (C=O) groups is 1. The van der Waals surface area contributed by atoms with Gasteiger partial charge in [0.1, 0.15) is 12.4 Å². The number of nitrogens with zero attached hydrogens (tertiary/aromatic N) is 3. The maximum absolute atomic E-state index is 12.4. The van der Waals surface area contributed by atoms with Gasteiger partial charge in [0.2, 0.25) is 5.88 Å². The molecular formula is C23H27N7O2. The number of nitrogens with one attached hydrogen (secondary N) is 2. The molecule has 4 aromatic rings. The van der Waals surface area contributed by atoms with Crippen molar-refractivity contribution in [2.45, 2.75) is 39.2 Å². The zero-order chi connectivity index (χ0) is 22.8. The maximum atomic E-state index is 12.4. The molecule has 32 heavy (non-hydrogen) atoms. The van der Waals surface area contributed by atoms with E-state index in [1.165, 1.54) is 0 Å². The van der Waals surface area contributed by atoms with Crippen LogP contribution in [0.25, 0.3) is 27.6 Å². The molecule has 1 amide bonds. The van der Waals surface area contributed by atoms with Crippen LogP contribution in [0.1, 0.15) is 39.9 Å². The van der Waals surface area contributed by atoms with Crippen molar-refractivity contribution in [3.05, 3.63) is 40.6 Å². The number of hydrogen-bond acceptors (Lipinski definition) is 6. The third-order valence-corrected chi connectivity index (χ3v) is 6.70. The lowest BCUT2D eigenvalue weighted by Gasteiger charge is -2.17. The summed E-state index contributed by atoms with van der Waals surface area (Å²) >= 11 is 0. The van der Waals surface area contributed by atoms with Crippen LogP contribution in [0.5, 0.6) is 5.88 Å². The molecule has 3 heterocycles. The van der Waals surface area contributed by atoms with Gasteiger partial charge < -0.3 is 21.5 Å². The summed E-state index contributed by atoms with van der Waals surface area (Å²) in [6.45, 7) is 6.47. The summed E-state index contributed by atoms with van der Waals surface area (Å²) in [5, 5.41) is 12.0. The highest BCUT2D eigenvalue weighted by Gasteiger charge is 2.42. The number of carbonyl (C=O) groups excluding carboxylic acids is 1. The number of ether oxygens (including phenoxy) is 1. The van der Waals surface area contributed by atoms with Gasteiger partial charge in [-0.05, 0) is 63.9 Å². The third-order valence-electron chi connectivity index (χ3n) is 6.70. The zero-order valence-corrected chi connectivity index (χ0v) is 18.7. The average molecular weight is 434 g/mol. The number of pyridine rings is 1. The van der Waals surface area contributed by atoms with E-state index in [9.17, 15) is 4.79 Å². The first-order valence-electron chi connectivity index (χ1n) is 10.6. The fraction of sp³-hybridized carbons (Fsp3) is 0.348. The van der Waals surface area contributed by atoms with E-state index in [0.29, 0.717) is 23.5 Å². The first-order valence-corrected chi connectivity index (χ1v) is 10.6. The van der Waals surface area contributed by atoms with E-state index in [1.54, 1.807) is 10.8 Å². The molecule has 0 unspecified atom stereocenters. The van der Waals surface area contributed by atoms with Crippen molar-refractivity contribution in [3.8, 4) is 11.6 Å². The number of aromatic amines is 1. The number of nitrogens with two attached hydrogens (primary N) is 2. The fourth-order valence-corrected chi connectivity index (χ4v) is 4.36. The molecule has 1 aliphatic carbocycles. The predicted molar refractivity (Wildman–Crippen MR) is 124 cm³/mol. The highest BCUT2D eigenvalue weighted by Crippen LogP contribution is 2.39. The van der Waals surface area contributed by atoms with Crippen LogP contribution in [0.4, 0.5) is 5.82 Å². The molecule has 9 heteroatoms. The lowest BCUT2D eigenvalue weighted by Crippen LogP contribution is -2.34. The third kappa shape index (κ3) is 2.92. The van der Waals surface area contributed by atoms with E-state index < -0.39 is 5.91 Å². The van der Waals surface area contributed by atoms with E-state index in [4.69, 9.17) is 21.2 Å². The summed E-state index contributed by atoms with van der Waals surface area (Å²) in [7, 11) is 1.95. The molecule has 0 atom stereocenters. The van der Waals surface area contributed by atoms with Gasteiger partial charge in [-0.3, -0.25) is 14.5 Å². The lowest BCUT2D eigenvalue weighted by molar-refractivity contribution is 0.100. The molecule has 0 aliphatic heterocycles. The lowest BCUT2D eigenvalue weighted by atomic mass is 10.0. The second-order valence-corrected chi connectivity index (χ2v) is 8.76.